The molecule has 0 aliphatic carbocycles. The smallest absolute Gasteiger partial charge is 0.161 e. The molecule has 1 fully saturated rings. The van der Waals surface area contributed by atoms with Crippen LogP contribution in [0.25, 0.3) is 0 Å². The Labute approximate surface area is 128 Å². The molecule has 20 heavy (non-hydrogen) atoms. The Hall–Kier alpha value is -1.12. The van der Waals surface area contributed by atoms with Gasteiger partial charge in [0, 0.05) is 19.6 Å². The van der Waals surface area contributed by atoms with Crippen molar-refractivity contribution in [3.8, 4) is 6.07 Å². The van der Waals surface area contributed by atoms with Gasteiger partial charge in [-0.15, -0.1) is 0 Å². The predicted octanol–water partition coefficient (Wildman–Crippen LogP) is 3.38. The summed E-state index contributed by atoms with van der Waals surface area (Å²) in [5.41, 5.74) is 0.870. The average Bonchev–Trinajstić information content (AvgIpc) is 2.88. The van der Waals surface area contributed by atoms with Gasteiger partial charge in [-0.25, -0.2) is 4.39 Å². The summed E-state index contributed by atoms with van der Waals surface area (Å²) in [4.78, 5) is 4.38. The third-order valence-electron chi connectivity index (χ3n) is 3.98. The average molecular weight is 340 g/mol. The van der Waals surface area contributed by atoms with Crippen molar-refractivity contribution in [3.05, 3.63) is 28.0 Å². The fourth-order valence-electron chi connectivity index (χ4n) is 2.85. The van der Waals surface area contributed by atoms with E-state index in [0.717, 1.165) is 26.1 Å². The van der Waals surface area contributed by atoms with Crippen LogP contribution >= 0.6 is 15.9 Å². The highest BCUT2D eigenvalue weighted by Crippen LogP contribution is 2.29. The number of anilines is 1. The quantitative estimate of drug-likeness (QED) is 0.842. The maximum atomic E-state index is 14.3. The van der Waals surface area contributed by atoms with Gasteiger partial charge in [-0.3, -0.25) is 4.90 Å². The van der Waals surface area contributed by atoms with Crippen LogP contribution in [0.1, 0.15) is 25.3 Å². The fourth-order valence-corrected chi connectivity index (χ4v) is 3.28. The molecule has 0 spiro atoms. The van der Waals surface area contributed by atoms with Crippen molar-refractivity contribution in [1.29, 1.82) is 5.26 Å². The highest BCUT2D eigenvalue weighted by atomic mass is 79.9. The Balaban J connectivity index is 2.16. The molecule has 1 aliphatic heterocycles. The molecule has 2 rings (SSSR count). The van der Waals surface area contributed by atoms with E-state index in [9.17, 15) is 4.39 Å². The minimum Gasteiger partial charge on any atom is -0.371 e. The lowest BCUT2D eigenvalue weighted by molar-refractivity contribution is 0.270. The summed E-state index contributed by atoms with van der Waals surface area (Å²) in [6.45, 7) is 5.15. The van der Waals surface area contributed by atoms with E-state index in [2.05, 4.69) is 27.8 Å². The number of likely N-dealkylation sites (tertiary alicyclic amines) is 1. The Bertz CT molecular complexity index is 527. The van der Waals surface area contributed by atoms with Gasteiger partial charge < -0.3 is 4.90 Å². The van der Waals surface area contributed by atoms with Crippen molar-refractivity contribution >= 4 is 21.6 Å². The molecular weight excluding hydrogens is 321 g/mol. The van der Waals surface area contributed by atoms with Gasteiger partial charge in [0.15, 0.2) is 5.82 Å². The zero-order valence-corrected chi connectivity index (χ0v) is 13.5. The SMILES string of the molecule is CCN1CCCC1CN(C)c1ccc(C#N)c(Br)c1F. The number of nitrogens with zero attached hydrogens (tertiary/aromatic N) is 3. The fraction of sp³-hybridized carbons (Fsp3) is 0.533. The molecule has 0 amide bonds. The minimum absolute atomic E-state index is 0.253. The van der Waals surface area contributed by atoms with Crippen LogP contribution in [0.4, 0.5) is 10.1 Å². The second kappa shape index (κ2) is 6.55. The van der Waals surface area contributed by atoms with Crippen LogP contribution in [0.5, 0.6) is 0 Å². The van der Waals surface area contributed by atoms with Crippen molar-refractivity contribution in [3.63, 3.8) is 0 Å². The van der Waals surface area contributed by atoms with E-state index >= 15 is 0 Å². The molecule has 1 saturated heterocycles. The molecule has 1 aromatic carbocycles. The van der Waals surface area contributed by atoms with Crippen molar-refractivity contribution < 1.29 is 4.39 Å². The molecule has 0 bridgehead atoms. The number of nitriles is 1. The number of hydrogen-bond donors (Lipinski definition) is 0. The molecule has 1 unspecified atom stereocenters. The molecule has 0 aromatic heterocycles. The first-order valence-electron chi connectivity index (χ1n) is 6.91. The summed E-state index contributed by atoms with van der Waals surface area (Å²) < 4.78 is 14.6. The van der Waals surface area contributed by atoms with Gasteiger partial charge in [-0.05, 0) is 54.0 Å². The Morgan fingerprint density at radius 2 is 2.30 bits per heavy atom. The van der Waals surface area contributed by atoms with Gasteiger partial charge >= 0.3 is 0 Å². The number of halogens is 2. The maximum Gasteiger partial charge on any atom is 0.161 e. The van der Waals surface area contributed by atoms with E-state index in [1.165, 1.54) is 6.42 Å². The van der Waals surface area contributed by atoms with E-state index in [1.807, 2.05) is 18.0 Å². The number of rotatable bonds is 4. The van der Waals surface area contributed by atoms with E-state index in [-0.39, 0.29) is 10.3 Å². The van der Waals surface area contributed by atoms with Crippen molar-refractivity contribution in [1.82, 2.24) is 4.90 Å². The van der Waals surface area contributed by atoms with Crippen LogP contribution in [0.15, 0.2) is 16.6 Å². The molecule has 108 valence electrons. The summed E-state index contributed by atoms with van der Waals surface area (Å²) in [5, 5.41) is 8.90. The van der Waals surface area contributed by atoms with Gasteiger partial charge in [0.25, 0.3) is 0 Å². The molecule has 1 aromatic rings. The lowest BCUT2D eigenvalue weighted by Crippen LogP contribution is -2.39. The zero-order chi connectivity index (χ0) is 14.7. The van der Waals surface area contributed by atoms with E-state index in [1.54, 1.807) is 12.1 Å². The van der Waals surface area contributed by atoms with Crippen molar-refractivity contribution in [2.45, 2.75) is 25.8 Å². The number of hydrogen-bond acceptors (Lipinski definition) is 3. The first-order valence-corrected chi connectivity index (χ1v) is 7.71. The normalized spacial score (nSPS) is 19.1. The van der Waals surface area contributed by atoms with E-state index in [4.69, 9.17) is 5.26 Å². The second-order valence-electron chi connectivity index (χ2n) is 5.18. The van der Waals surface area contributed by atoms with Crippen molar-refractivity contribution in [2.75, 3.05) is 31.6 Å². The Kier molecular flexibility index (Phi) is 5.00. The molecule has 3 nitrogen and oxygen atoms in total. The largest absolute Gasteiger partial charge is 0.371 e. The summed E-state index contributed by atoms with van der Waals surface area (Å²) in [5.74, 6) is -0.354. The highest BCUT2D eigenvalue weighted by molar-refractivity contribution is 9.10. The van der Waals surface area contributed by atoms with E-state index in [0.29, 0.717) is 17.3 Å². The third kappa shape index (κ3) is 2.97. The van der Waals surface area contributed by atoms with Crippen molar-refractivity contribution in [2.24, 2.45) is 0 Å². The van der Waals surface area contributed by atoms with Crippen LogP contribution in [-0.2, 0) is 0 Å². The van der Waals surface area contributed by atoms with Crippen LogP contribution < -0.4 is 4.90 Å². The maximum absolute atomic E-state index is 14.3. The van der Waals surface area contributed by atoms with Gasteiger partial charge in [-0.2, -0.15) is 5.26 Å². The molecule has 0 radical (unpaired) electrons. The van der Waals surface area contributed by atoms with Gasteiger partial charge in [0.2, 0.25) is 0 Å². The predicted molar refractivity (Wildman–Crippen MR) is 82.4 cm³/mol. The summed E-state index contributed by atoms with van der Waals surface area (Å²) in [6, 6.07) is 5.81. The lowest BCUT2D eigenvalue weighted by Gasteiger charge is -2.29. The minimum atomic E-state index is -0.354. The Morgan fingerprint density at radius 3 is 2.95 bits per heavy atom. The summed E-state index contributed by atoms with van der Waals surface area (Å²) in [6.07, 6.45) is 2.38. The second-order valence-corrected chi connectivity index (χ2v) is 5.97. The van der Waals surface area contributed by atoms with Crippen LogP contribution in [0.2, 0.25) is 0 Å². The molecule has 1 atom stereocenters. The van der Waals surface area contributed by atoms with Gasteiger partial charge in [-0.1, -0.05) is 6.92 Å². The van der Waals surface area contributed by atoms with Crippen LogP contribution in [0, 0.1) is 17.1 Å². The molecule has 0 saturated carbocycles. The monoisotopic (exact) mass is 339 g/mol. The highest BCUT2D eigenvalue weighted by Gasteiger charge is 2.25. The van der Waals surface area contributed by atoms with Gasteiger partial charge in [0.05, 0.1) is 15.7 Å². The molecule has 0 N–H and O–H groups in total. The van der Waals surface area contributed by atoms with E-state index < -0.39 is 0 Å². The topological polar surface area (TPSA) is 30.3 Å². The zero-order valence-electron chi connectivity index (χ0n) is 11.9. The standard InChI is InChI=1S/C15H19BrFN3/c1-3-20-8-4-5-12(20)10-19(2)13-7-6-11(9-18)14(16)15(13)17/h6-7,12H,3-5,8,10H2,1-2H3. The molecule has 5 heteroatoms. The first kappa shape index (κ1) is 15.3. The number of benzene rings is 1. The molecule has 1 heterocycles. The lowest BCUT2D eigenvalue weighted by atomic mass is 10.1. The van der Waals surface area contributed by atoms with Crippen LogP contribution in [-0.4, -0.2) is 37.6 Å². The molecular formula is C15H19BrFN3. The Morgan fingerprint density at radius 1 is 1.55 bits per heavy atom. The summed E-state index contributed by atoms with van der Waals surface area (Å²) in [7, 11) is 1.91. The third-order valence-corrected chi connectivity index (χ3v) is 4.76. The summed E-state index contributed by atoms with van der Waals surface area (Å²) >= 11 is 3.16. The number of likely N-dealkylation sites (N-methyl/N-ethyl adjacent to an activating group) is 2. The molecule has 1 aliphatic rings. The van der Waals surface area contributed by atoms with Crippen LogP contribution in [0.3, 0.4) is 0 Å². The first-order chi connectivity index (χ1) is 9.58. The van der Waals surface area contributed by atoms with Gasteiger partial charge in [0.1, 0.15) is 6.07 Å².